The molecule has 2 aliphatic rings. The molecule has 1 aromatic heterocycles. The van der Waals surface area contributed by atoms with Crippen molar-refractivity contribution in [2.24, 2.45) is 17.1 Å². The van der Waals surface area contributed by atoms with Crippen LogP contribution < -0.4 is 16.4 Å². The number of ether oxygens (including phenoxy) is 1. The number of thioether (sulfide) groups is 1. The maximum absolute atomic E-state index is 15.3. The molecule has 6 N–H and O–H groups in total. The number of likely N-dealkylation sites (tertiary alicyclic amines) is 1. The number of aromatic nitrogens is 2. The van der Waals surface area contributed by atoms with Crippen molar-refractivity contribution >= 4 is 41.4 Å². The van der Waals surface area contributed by atoms with E-state index in [9.17, 15) is 33.5 Å². The molecule has 3 aromatic rings. The Morgan fingerprint density at radius 3 is 2.53 bits per heavy atom. The second-order valence-corrected chi connectivity index (χ2v) is 16.9. The van der Waals surface area contributed by atoms with Gasteiger partial charge in [0.1, 0.15) is 35.8 Å². The molecule has 4 amide bonds. The molecule has 6 atom stereocenters. The number of benzene rings is 2. The van der Waals surface area contributed by atoms with Gasteiger partial charge in [-0.15, -0.1) is 11.8 Å². The lowest BCUT2D eigenvalue weighted by Crippen LogP contribution is -2.50. The highest BCUT2D eigenvalue weighted by Gasteiger charge is 2.45. The quantitative estimate of drug-likeness (QED) is 0.0774. The Labute approximate surface area is 350 Å². The van der Waals surface area contributed by atoms with Gasteiger partial charge in [0.2, 0.25) is 17.7 Å². The van der Waals surface area contributed by atoms with Crippen LogP contribution in [0.3, 0.4) is 0 Å². The lowest BCUT2D eigenvalue weighted by atomic mass is 9.78. The number of aliphatic hydroxyl groups is 1. The molecule has 0 saturated carbocycles. The van der Waals surface area contributed by atoms with Gasteiger partial charge in [-0.25, -0.2) is 18.2 Å². The molecule has 5 rings (SSSR count). The molecule has 1 unspecified atom stereocenters. The molecule has 60 heavy (non-hydrogen) atoms. The fourth-order valence-corrected chi connectivity index (χ4v) is 8.50. The number of halogens is 3. The second kappa shape index (κ2) is 20.6. The van der Waals surface area contributed by atoms with Crippen molar-refractivity contribution in [3.8, 4) is 11.3 Å². The number of rotatable bonds is 21. The number of nitrogens with two attached hydrogens (primary N) is 1. The first-order valence-electron chi connectivity index (χ1n) is 19.6. The number of carboxylic acid groups (broad SMARTS) is 1. The number of nitrogens with zero attached hydrogens (tertiary/aromatic N) is 4. The van der Waals surface area contributed by atoms with Crippen LogP contribution in [0.5, 0.6) is 0 Å². The van der Waals surface area contributed by atoms with Crippen molar-refractivity contribution in [2.75, 3.05) is 51.7 Å². The van der Waals surface area contributed by atoms with E-state index in [4.69, 9.17) is 20.6 Å². The topological polar surface area (TPSA) is 209 Å². The number of hydrogen-bond donors (Lipinski definition) is 5. The van der Waals surface area contributed by atoms with Gasteiger partial charge >= 0.3 is 5.97 Å². The number of imide groups is 1. The molecule has 15 nitrogen and oxygen atoms in total. The fraction of sp³-hybridized carbons (Fsp3) is 0.512. The number of aliphatic carboxylic acids is 1. The molecule has 0 spiro atoms. The molecule has 0 radical (unpaired) electrons. The summed E-state index contributed by atoms with van der Waals surface area (Å²) >= 11 is 1.01. The average Bonchev–Trinajstić information content (AvgIpc) is 3.87. The van der Waals surface area contributed by atoms with Crippen molar-refractivity contribution in [2.45, 2.75) is 69.8 Å². The van der Waals surface area contributed by atoms with Gasteiger partial charge in [0.15, 0.2) is 0 Å². The number of imidazole rings is 1. The zero-order valence-corrected chi connectivity index (χ0v) is 34.5. The van der Waals surface area contributed by atoms with Gasteiger partial charge in [-0.2, -0.15) is 0 Å². The van der Waals surface area contributed by atoms with E-state index in [1.165, 1.54) is 18.0 Å². The molecule has 19 heteroatoms. The van der Waals surface area contributed by atoms with Crippen molar-refractivity contribution in [1.29, 1.82) is 0 Å². The van der Waals surface area contributed by atoms with E-state index in [-0.39, 0.29) is 88.2 Å². The van der Waals surface area contributed by atoms with E-state index in [1.807, 2.05) is 30.3 Å². The molecule has 0 aliphatic carbocycles. The van der Waals surface area contributed by atoms with Crippen LogP contribution in [0.4, 0.5) is 13.2 Å². The first kappa shape index (κ1) is 46.2. The van der Waals surface area contributed by atoms with Crippen LogP contribution in [0.15, 0.2) is 54.7 Å². The maximum atomic E-state index is 15.3. The third-order valence-electron chi connectivity index (χ3n) is 10.5. The molecule has 2 aromatic carbocycles. The summed E-state index contributed by atoms with van der Waals surface area (Å²) in [6, 6.07) is 9.91. The summed E-state index contributed by atoms with van der Waals surface area (Å²) in [5, 5.41) is 24.7. The van der Waals surface area contributed by atoms with E-state index in [2.05, 4.69) is 10.6 Å². The van der Waals surface area contributed by atoms with E-state index >= 15 is 8.78 Å². The van der Waals surface area contributed by atoms with Crippen LogP contribution in [-0.4, -0.2) is 134 Å². The summed E-state index contributed by atoms with van der Waals surface area (Å²) in [7, 11) is 0. The van der Waals surface area contributed by atoms with Crippen LogP contribution in [0.1, 0.15) is 51.0 Å². The lowest BCUT2D eigenvalue weighted by Gasteiger charge is -2.43. The zero-order valence-electron chi connectivity index (χ0n) is 33.7. The van der Waals surface area contributed by atoms with Crippen LogP contribution in [0, 0.1) is 23.0 Å². The van der Waals surface area contributed by atoms with Gasteiger partial charge in [0, 0.05) is 74.4 Å². The van der Waals surface area contributed by atoms with E-state index in [1.54, 1.807) is 18.4 Å². The highest BCUT2D eigenvalue weighted by atomic mass is 32.2. The van der Waals surface area contributed by atoms with Crippen molar-refractivity contribution in [3.05, 3.63) is 77.8 Å². The summed E-state index contributed by atoms with van der Waals surface area (Å²) < 4.78 is 52.3. The summed E-state index contributed by atoms with van der Waals surface area (Å²) in [4.78, 5) is 71.1. The molecule has 2 saturated heterocycles. The van der Waals surface area contributed by atoms with Crippen LogP contribution in [0.25, 0.3) is 11.3 Å². The van der Waals surface area contributed by atoms with Crippen LogP contribution in [0.2, 0.25) is 0 Å². The normalized spacial score (nSPS) is 19.7. The summed E-state index contributed by atoms with van der Waals surface area (Å²) in [5.41, 5.74) is 5.07. The number of hydrogen-bond acceptors (Lipinski definition) is 11. The minimum atomic E-state index is -1.52. The van der Waals surface area contributed by atoms with Gasteiger partial charge < -0.3 is 40.8 Å². The Kier molecular flexibility index (Phi) is 15.9. The number of nitrogens with one attached hydrogen (secondary N) is 2. The molecule has 3 heterocycles. The Balaban J connectivity index is 1.35. The van der Waals surface area contributed by atoms with E-state index in [0.29, 0.717) is 0 Å². The molecule has 2 aliphatic heterocycles. The third-order valence-corrected chi connectivity index (χ3v) is 11.8. The number of alkyl halides is 1. The summed E-state index contributed by atoms with van der Waals surface area (Å²) in [6.45, 7) is 5.08. The Morgan fingerprint density at radius 1 is 1.13 bits per heavy atom. The standard InChI is InChI=1S/C41H52F3N7O8S/c1-24(52)38(55)51(21-26-18-46-19-30(26)44)36(37-48-32(28-15-27(42)9-10-29(28)43)22-49(37)20-25-7-5-4-6-8-25)41(2,3)17-34(53)47-11-13-59-14-12-50-35(54)16-33(39(50)56)60-23-31(45)40(57)58/h4-10,15,22,24,26,30-31,33,36,46,52H,11-14,16-21,23,45H2,1-3H3,(H,47,53)(H,57,58)/t24-,26-,30-,31-,33?,36-/m0/s1. The molecule has 0 bridgehead atoms. The van der Waals surface area contributed by atoms with Gasteiger partial charge in [-0.05, 0) is 30.7 Å². The number of carbonyl (C=O) groups is 5. The van der Waals surface area contributed by atoms with Gasteiger partial charge in [0.05, 0.1) is 36.7 Å². The Bertz CT molecular complexity index is 2010. The minimum absolute atomic E-state index is 0.0146. The smallest absolute Gasteiger partial charge is 0.321 e. The molecular formula is C41H52F3N7O8S. The van der Waals surface area contributed by atoms with Crippen LogP contribution >= 0.6 is 11.8 Å². The second-order valence-electron chi connectivity index (χ2n) is 15.7. The molecule has 2 fully saturated rings. The maximum Gasteiger partial charge on any atom is 0.321 e. The average molecular weight is 860 g/mol. The number of carbonyl (C=O) groups excluding carboxylic acids is 4. The number of aliphatic hydroxyl groups excluding tert-OH is 1. The molecular weight excluding hydrogens is 808 g/mol. The van der Waals surface area contributed by atoms with Crippen molar-refractivity contribution in [3.63, 3.8) is 0 Å². The number of amides is 4. The monoisotopic (exact) mass is 859 g/mol. The van der Waals surface area contributed by atoms with E-state index in [0.717, 1.165) is 40.4 Å². The Morgan fingerprint density at radius 2 is 1.87 bits per heavy atom. The highest BCUT2D eigenvalue weighted by Crippen LogP contribution is 2.43. The van der Waals surface area contributed by atoms with Gasteiger partial charge in [-0.1, -0.05) is 44.2 Å². The predicted octanol–water partition coefficient (Wildman–Crippen LogP) is 2.51. The largest absolute Gasteiger partial charge is 0.480 e. The zero-order chi connectivity index (χ0) is 43.7. The number of carboxylic acids is 1. The minimum Gasteiger partial charge on any atom is -0.480 e. The van der Waals surface area contributed by atoms with Gasteiger partial charge in [0.25, 0.3) is 5.91 Å². The first-order valence-corrected chi connectivity index (χ1v) is 20.7. The van der Waals surface area contributed by atoms with Crippen molar-refractivity contribution < 1.29 is 52.1 Å². The fourth-order valence-electron chi connectivity index (χ4n) is 7.39. The SMILES string of the molecule is C[C@H](O)C(=O)N(C[C@@H]1CNC[C@@H]1F)[C@@H](c1nc(-c2cc(F)ccc2F)cn1Cc1ccccc1)C(C)(C)CC(=O)NCCOCCN1C(=O)CC(SC[C@H](N)C(=O)O)C1=O. The third kappa shape index (κ3) is 11.7. The van der Waals surface area contributed by atoms with Gasteiger partial charge in [-0.3, -0.25) is 28.9 Å². The molecule has 326 valence electrons. The first-order chi connectivity index (χ1) is 28.5. The summed E-state index contributed by atoms with van der Waals surface area (Å²) in [5.74, 6) is -5.20. The lowest BCUT2D eigenvalue weighted by molar-refractivity contribution is -0.147. The Hall–Kier alpha value is -4.82. The van der Waals surface area contributed by atoms with E-state index < -0.39 is 82.2 Å². The van der Waals surface area contributed by atoms with Crippen LogP contribution in [-0.2, 0) is 35.3 Å². The van der Waals surface area contributed by atoms with Crippen molar-refractivity contribution in [1.82, 2.24) is 30.0 Å². The summed E-state index contributed by atoms with van der Waals surface area (Å²) in [6.07, 6.45) is -1.59. The predicted molar refractivity (Wildman–Crippen MR) is 216 cm³/mol. The highest BCUT2D eigenvalue weighted by molar-refractivity contribution is 8.00.